The van der Waals surface area contributed by atoms with Gasteiger partial charge in [-0.15, -0.1) is 0 Å². The third-order valence-electron chi connectivity index (χ3n) is 8.15. The first-order chi connectivity index (χ1) is 16.9. The molecule has 1 fully saturated rings. The van der Waals surface area contributed by atoms with E-state index in [0.29, 0.717) is 12.1 Å². The molecule has 1 aromatic carbocycles. The predicted molar refractivity (Wildman–Crippen MR) is 141 cm³/mol. The highest BCUT2D eigenvalue weighted by molar-refractivity contribution is 5.30. The highest BCUT2D eigenvalue weighted by Crippen LogP contribution is 2.33. The van der Waals surface area contributed by atoms with Crippen LogP contribution in [0.2, 0.25) is 0 Å². The van der Waals surface area contributed by atoms with E-state index in [-0.39, 0.29) is 0 Å². The number of rotatable bonds is 9. The fourth-order valence-electron chi connectivity index (χ4n) is 6.26. The number of fused-ring (bicyclic) bond motifs is 2. The molecule has 0 spiro atoms. The molecule has 5 rings (SSSR count). The van der Waals surface area contributed by atoms with Crippen molar-refractivity contribution < 1.29 is 0 Å². The van der Waals surface area contributed by atoms with Crippen molar-refractivity contribution in [1.29, 1.82) is 0 Å². The molecular formula is C30H42N4. The number of aryl methyl sites for hydroxylation is 1. The normalized spacial score (nSPS) is 23.2. The van der Waals surface area contributed by atoms with E-state index < -0.39 is 0 Å². The highest BCUT2D eigenvalue weighted by atomic mass is 15.2. The summed E-state index contributed by atoms with van der Waals surface area (Å²) in [5, 5.41) is 7.50. The van der Waals surface area contributed by atoms with E-state index in [1.54, 1.807) is 0 Å². The summed E-state index contributed by atoms with van der Waals surface area (Å²) >= 11 is 0. The monoisotopic (exact) mass is 458 g/mol. The van der Waals surface area contributed by atoms with Crippen molar-refractivity contribution >= 4 is 0 Å². The van der Waals surface area contributed by atoms with E-state index in [0.717, 1.165) is 38.5 Å². The Morgan fingerprint density at radius 2 is 1.79 bits per heavy atom. The quantitative estimate of drug-likeness (QED) is 0.400. The molecule has 0 radical (unpaired) electrons. The molecule has 3 aliphatic rings. The zero-order valence-electron chi connectivity index (χ0n) is 20.7. The van der Waals surface area contributed by atoms with Crippen molar-refractivity contribution in [2.24, 2.45) is 5.92 Å². The maximum absolute atomic E-state index is 4.86. The predicted octanol–water partition coefficient (Wildman–Crippen LogP) is 5.20. The minimum absolute atomic E-state index is 0.420. The molecule has 1 aromatic heterocycles. The summed E-state index contributed by atoms with van der Waals surface area (Å²) in [4.78, 5) is 7.55. The van der Waals surface area contributed by atoms with Crippen LogP contribution in [0.25, 0.3) is 0 Å². The Bertz CT molecular complexity index is 933. The molecule has 2 N–H and O–H groups in total. The molecule has 1 saturated carbocycles. The van der Waals surface area contributed by atoms with Gasteiger partial charge in [-0.3, -0.25) is 9.88 Å². The Morgan fingerprint density at radius 3 is 2.71 bits per heavy atom. The molecular weight excluding hydrogens is 416 g/mol. The second kappa shape index (κ2) is 12.1. The average molecular weight is 459 g/mol. The van der Waals surface area contributed by atoms with Crippen LogP contribution in [-0.2, 0) is 19.4 Å². The second-order valence-electron chi connectivity index (χ2n) is 10.6. The molecule has 2 aromatic rings. The summed E-state index contributed by atoms with van der Waals surface area (Å²) < 4.78 is 0. The second-order valence-corrected chi connectivity index (χ2v) is 10.6. The Balaban J connectivity index is 1.21. The lowest BCUT2D eigenvalue weighted by atomic mass is 9.89. The molecule has 0 bridgehead atoms. The third kappa shape index (κ3) is 6.16. The average Bonchev–Trinajstić information content (AvgIpc) is 2.90. The van der Waals surface area contributed by atoms with E-state index in [1.807, 2.05) is 6.20 Å². The molecule has 4 heteroatoms. The number of aromatic nitrogens is 1. The summed E-state index contributed by atoms with van der Waals surface area (Å²) in [6.07, 6.45) is 18.6. The first-order valence-corrected chi connectivity index (χ1v) is 13.7. The van der Waals surface area contributed by atoms with Crippen molar-refractivity contribution in [3.8, 4) is 0 Å². The van der Waals surface area contributed by atoms with E-state index in [4.69, 9.17) is 4.98 Å². The third-order valence-corrected chi connectivity index (χ3v) is 8.15. The van der Waals surface area contributed by atoms with Crippen LogP contribution in [0.4, 0.5) is 0 Å². The van der Waals surface area contributed by atoms with Crippen LogP contribution in [0.5, 0.6) is 0 Å². The van der Waals surface area contributed by atoms with E-state index >= 15 is 0 Å². The van der Waals surface area contributed by atoms with Gasteiger partial charge >= 0.3 is 0 Å². The number of hydrogen-bond donors (Lipinski definition) is 2. The summed E-state index contributed by atoms with van der Waals surface area (Å²) in [6.45, 7) is 5.20. The number of nitrogens with zero attached hydrogens (tertiary/aromatic N) is 2. The van der Waals surface area contributed by atoms with Crippen LogP contribution >= 0.6 is 0 Å². The van der Waals surface area contributed by atoms with Crippen molar-refractivity contribution in [2.45, 2.75) is 76.4 Å². The zero-order valence-corrected chi connectivity index (χ0v) is 20.7. The highest BCUT2D eigenvalue weighted by Gasteiger charge is 2.29. The molecule has 2 heterocycles. The number of benzene rings is 1. The molecule has 0 saturated heterocycles. The summed E-state index contributed by atoms with van der Waals surface area (Å²) in [7, 11) is 0. The van der Waals surface area contributed by atoms with Gasteiger partial charge in [-0.05, 0) is 73.7 Å². The van der Waals surface area contributed by atoms with Gasteiger partial charge in [0.2, 0.25) is 0 Å². The van der Waals surface area contributed by atoms with Crippen molar-refractivity contribution in [3.63, 3.8) is 0 Å². The van der Waals surface area contributed by atoms with Gasteiger partial charge in [0.15, 0.2) is 0 Å². The van der Waals surface area contributed by atoms with Gasteiger partial charge in [0, 0.05) is 38.4 Å². The fraction of sp³-hybridized carbons (Fsp3) is 0.567. The molecule has 182 valence electrons. The standard InChI is InChI=1S/C30H42N4/c1-2-10-24(11-3-1)21-31-17-6-7-19-34(29-16-8-14-25-15-9-18-32-30(25)29)23-28-20-26-12-4-5-13-27(26)22-33-28/h4-7,9,12-13,15,18,24,28-29,31,33H,1-3,8,10-11,14,16-17,19-23H2/b7-6+/t28-,29+/m1/s1. The van der Waals surface area contributed by atoms with Crippen molar-refractivity contribution in [3.05, 3.63) is 77.1 Å². The lowest BCUT2D eigenvalue weighted by molar-refractivity contribution is 0.170. The molecule has 4 nitrogen and oxygen atoms in total. The van der Waals surface area contributed by atoms with Crippen LogP contribution < -0.4 is 10.6 Å². The SMILES string of the molecule is C(=C\CN(C[C@H]1Cc2ccccc2CN1)[C@H]1CCCc2cccnc21)/CNCC1CCCCC1. The Hall–Kier alpha value is -2.01. The van der Waals surface area contributed by atoms with Gasteiger partial charge in [-0.25, -0.2) is 0 Å². The van der Waals surface area contributed by atoms with E-state index in [2.05, 4.69) is 64.1 Å². The van der Waals surface area contributed by atoms with Crippen LogP contribution in [0, 0.1) is 5.92 Å². The smallest absolute Gasteiger partial charge is 0.0607 e. The van der Waals surface area contributed by atoms with Crippen molar-refractivity contribution in [1.82, 2.24) is 20.5 Å². The summed E-state index contributed by atoms with van der Waals surface area (Å²) in [5.74, 6) is 0.892. The maximum atomic E-state index is 4.86. The largest absolute Gasteiger partial charge is 0.313 e. The lowest BCUT2D eigenvalue weighted by Gasteiger charge is -2.38. The number of hydrogen-bond acceptors (Lipinski definition) is 4. The van der Waals surface area contributed by atoms with Crippen molar-refractivity contribution in [2.75, 3.05) is 26.2 Å². The Kier molecular flexibility index (Phi) is 8.44. The molecule has 2 atom stereocenters. The first kappa shape index (κ1) is 23.7. The van der Waals surface area contributed by atoms with Gasteiger partial charge in [0.25, 0.3) is 0 Å². The molecule has 0 unspecified atom stereocenters. The summed E-state index contributed by atoms with van der Waals surface area (Å²) in [6, 6.07) is 14.2. The molecule has 34 heavy (non-hydrogen) atoms. The zero-order chi connectivity index (χ0) is 23.0. The Morgan fingerprint density at radius 1 is 0.941 bits per heavy atom. The summed E-state index contributed by atoms with van der Waals surface area (Å²) in [5.41, 5.74) is 5.73. The first-order valence-electron chi connectivity index (χ1n) is 13.7. The van der Waals surface area contributed by atoms with E-state index in [9.17, 15) is 0 Å². The number of pyridine rings is 1. The number of nitrogens with one attached hydrogen (secondary N) is 2. The minimum Gasteiger partial charge on any atom is -0.313 e. The minimum atomic E-state index is 0.420. The maximum Gasteiger partial charge on any atom is 0.0607 e. The van der Waals surface area contributed by atoms with Crippen LogP contribution in [0.15, 0.2) is 54.7 Å². The van der Waals surface area contributed by atoms with E-state index in [1.165, 1.54) is 80.3 Å². The van der Waals surface area contributed by atoms with Gasteiger partial charge < -0.3 is 10.6 Å². The Labute approximate surface area is 206 Å². The molecule has 1 aliphatic heterocycles. The molecule has 0 amide bonds. The van der Waals surface area contributed by atoms with Gasteiger partial charge in [0.1, 0.15) is 0 Å². The van der Waals surface area contributed by atoms with Crippen LogP contribution in [0.3, 0.4) is 0 Å². The fourth-order valence-corrected chi connectivity index (χ4v) is 6.26. The molecule has 2 aliphatic carbocycles. The van der Waals surface area contributed by atoms with Crippen LogP contribution in [-0.4, -0.2) is 42.1 Å². The topological polar surface area (TPSA) is 40.2 Å². The van der Waals surface area contributed by atoms with Gasteiger partial charge in [0.05, 0.1) is 11.7 Å². The van der Waals surface area contributed by atoms with Gasteiger partial charge in [-0.2, -0.15) is 0 Å². The lowest BCUT2D eigenvalue weighted by Crippen LogP contribution is -2.46. The van der Waals surface area contributed by atoms with Crippen LogP contribution in [0.1, 0.15) is 73.4 Å². The van der Waals surface area contributed by atoms with Gasteiger partial charge in [-0.1, -0.05) is 61.7 Å².